The first-order chi connectivity index (χ1) is 15.5. The van der Waals surface area contributed by atoms with Crippen LogP contribution in [0.2, 0.25) is 0 Å². The van der Waals surface area contributed by atoms with E-state index < -0.39 is 10.1 Å². The van der Waals surface area contributed by atoms with Gasteiger partial charge >= 0.3 is 0 Å². The fraction of sp³-hybridized carbons (Fsp3) is 0.385. The predicted molar refractivity (Wildman–Crippen MR) is 128 cm³/mol. The summed E-state index contributed by atoms with van der Waals surface area (Å²) >= 11 is 0. The van der Waals surface area contributed by atoms with Gasteiger partial charge in [0.25, 0.3) is 10.1 Å². The molecule has 3 aromatic rings. The maximum Gasteiger partial charge on any atom is 0.297 e. The van der Waals surface area contributed by atoms with Crippen molar-refractivity contribution in [1.29, 1.82) is 0 Å². The van der Waals surface area contributed by atoms with E-state index in [4.69, 9.17) is 9.17 Å². The van der Waals surface area contributed by atoms with Crippen molar-refractivity contribution < 1.29 is 12.6 Å². The summed E-state index contributed by atoms with van der Waals surface area (Å²) in [6.07, 6.45) is 10.3. The van der Waals surface area contributed by atoms with E-state index in [0.717, 1.165) is 29.7 Å². The fourth-order valence-corrected chi connectivity index (χ4v) is 4.68. The Morgan fingerprint density at radius 3 is 2.34 bits per heavy atom. The quantitative estimate of drug-likeness (QED) is 0.240. The van der Waals surface area contributed by atoms with Crippen LogP contribution in [0.3, 0.4) is 0 Å². The van der Waals surface area contributed by atoms with Gasteiger partial charge in [0.05, 0.1) is 11.5 Å². The standard InChI is InChI=1S/C26H32N2O3S/c1-3-4-5-6-7-8-12-24-18-19-27-26(28-24)23-16-14-22(15-17-23)20-31-32(29,30)25-13-10-9-11-21(25)2/h9-11,13-19H,3-8,12,20H2,1-2H3. The SMILES string of the molecule is CCCCCCCCc1ccnc(-c2ccc(COS(=O)(=O)c3ccccc3C)cc2)n1. The van der Waals surface area contributed by atoms with Gasteiger partial charge in [-0.25, -0.2) is 9.97 Å². The molecule has 1 heterocycles. The molecular weight excluding hydrogens is 420 g/mol. The number of rotatable bonds is 12. The van der Waals surface area contributed by atoms with E-state index in [-0.39, 0.29) is 11.5 Å². The Morgan fingerprint density at radius 2 is 1.59 bits per heavy atom. The highest BCUT2D eigenvalue weighted by molar-refractivity contribution is 7.86. The molecule has 0 aliphatic carbocycles. The smallest absolute Gasteiger partial charge is 0.262 e. The first-order valence-corrected chi connectivity index (χ1v) is 12.8. The third-order valence-corrected chi connectivity index (χ3v) is 6.88. The topological polar surface area (TPSA) is 69.2 Å². The third kappa shape index (κ3) is 6.97. The van der Waals surface area contributed by atoms with Crippen LogP contribution in [0, 0.1) is 6.92 Å². The second-order valence-electron chi connectivity index (χ2n) is 8.07. The van der Waals surface area contributed by atoms with Crippen molar-refractivity contribution in [3.63, 3.8) is 0 Å². The van der Waals surface area contributed by atoms with E-state index in [9.17, 15) is 8.42 Å². The molecule has 0 N–H and O–H groups in total. The van der Waals surface area contributed by atoms with Crippen LogP contribution in [0.15, 0.2) is 65.7 Å². The van der Waals surface area contributed by atoms with Gasteiger partial charge in [0.15, 0.2) is 5.82 Å². The zero-order valence-corrected chi connectivity index (χ0v) is 19.8. The van der Waals surface area contributed by atoms with Crippen LogP contribution in [0.4, 0.5) is 0 Å². The van der Waals surface area contributed by atoms with E-state index in [1.54, 1.807) is 37.4 Å². The summed E-state index contributed by atoms with van der Waals surface area (Å²) in [4.78, 5) is 9.31. The van der Waals surface area contributed by atoms with Crippen LogP contribution >= 0.6 is 0 Å². The lowest BCUT2D eigenvalue weighted by Gasteiger charge is -2.09. The van der Waals surface area contributed by atoms with E-state index in [1.165, 1.54) is 32.1 Å². The molecule has 3 rings (SSSR count). The molecule has 1 aromatic heterocycles. The minimum atomic E-state index is -3.80. The monoisotopic (exact) mass is 452 g/mol. The normalized spacial score (nSPS) is 11.6. The van der Waals surface area contributed by atoms with Crippen LogP contribution < -0.4 is 0 Å². The highest BCUT2D eigenvalue weighted by atomic mass is 32.2. The highest BCUT2D eigenvalue weighted by Crippen LogP contribution is 2.20. The highest BCUT2D eigenvalue weighted by Gasteiger charge is 2.17. The Labute approximate surface area is 192 Å². The zero-order valence-electron chi connectivity index (χ0n) is 19.0. The molecule has 5 nitrogen and oxygen atoms in total. The van der Waals surface area contributed by atoms with Crippen molar-refractivity contribution >= 4 is 10.1 Å². The first kappa shape index (κ1) is 24.1. The van der Waals surface area contributed by atoms with Gasteiger partial charge in [-0.05, 0) is 43.0 Å². The Morgan fingerprint density at radius 1 is 0.875 bits per heavy atom. The van der Waals surface area contributed by atoms with Gasteiger partial charge in [-0.1, -0.05) is 81.5 Å². The maximum absolute atomic E-state index is 12.5. The van der Waals surface area contributed by atoms with Gasteiger partial charge in [-0.2, -0.15) is 8.42 Å². The molecule has 170 valence electrons. The summed E-state index contributed by atoms with van der Waals surface area (Å²) in [7, 11) is -3.80. The van der Waals surface area contributed by atoms with Crippen molar-refractivity contribution in [3.8, 4) is 11.4 Å². The molecule has 0 aliphatic rings. The zero-order chi connectivity index (χ0) is 22.8. The van der Waals surface area contributed by atoms with Gasteiger partial charge in [0, 0.05) is 17.5 Å². The molecule has 0 bridgehead atoms. The lowest BCUT2D eigenvalue weighted by Crippen LogP contribution is -2.08. The van der Waals surface area contributed by atoms with E-state index in [2.05, 4.69) is 11.9 Å². The largest absolute Gasteiger partial charge is 0.297 e. The van der Waals surface area contributed by atoms with Crippen molar-refractivity contribution in [2.45, 2.75) is 70.3 Å². The second-order valence-corrected chi connectivity index (χ2v) is 9.65. The first-order valence-electron chi connectivity index (χ1n) is 11.4. The fourth-order valence-electron chi connectivity index (χ4n) is 3.56. The summed E-state index contributed by atoms with van der Waals surface area (Å²) < 4.78 is 30.2. The summed E-state index contributed by atoms with van der Waals surface area (Å²) in [5, 5.41) is 0. The molecule has 0 radical (unpaired) electrons. The molecule has 0 saturated carbocycles. The summed E-state index contributed by atoms with van der Waals surface area (Å²) in [5.74, 6) is 0.688. The van der Waals surface area contributed by atoms with Crippen LogP contribution in [-0.2, 0) is 27.3 Å². The van der Waals surface area contributed by atoms with Crippen molar-refractivity contribution in [1.82, 2.24) is 9.97 Å². The number of hydrogen-bond donors (Lipinski definition) is 0. The van der Waals surface area contributed by atoms with Crippen molar-refractivity contribution in [2.24, 2.45) is 0 Å². The lowest BCUT2D eigenvalue weighted by molar-refractivity contribution is 0.308. The van der Waals surface area contributed by atoms with Crippen LogP contribution in [0.25, 0.3) is 11.4 Å². The maximum atomic E-state index is 12.5. The van der Waals surface area contributed by atoms with E-state index in [1.807, 2.05) is 30.3 Å². The average molecular weight is 453 g/mol. The Balaban J connectivity index is 1.57. The summed E-state index contributed by atoms with van der Waals surface area (Å²) in [6.45, 7) is 3.97. The molecule has 6 heteroatoms. The van der Waals surface area contributed by atoms with Crippen LogP contribution in [-0.4, -0.2) is 18.4 Å². The van der Waals surface area contributed by atoms with Gasteiger partial charge in [-0.3, -0.25) is 4.18 Å². The summed E-state index contributed by atoms with van der Waals surface area (Å²) in [5.41, 5.74) is 3.40. The second kappa shape index (κ2) is 11.9. The number of aromatic nitrogens is 2. The van der Waals surface area contributed by atoms with Crippen molar-refractivity contribution in [2.75, 3.05) is 0 Å². The van der Waals surface area contributed by atoms with Crippen LogP contribution in [0.5, 0.6) is 0 Å². The minimum Gasteiger partial charge on any atom is -0.262 e. The third-order valence-electron chi connectivity index (χ3n) is 5.46. The van der Waals surface area contributed by atoms with Crippen LogP contribution in [0.1, 0.15) is 62.3 Å². The molecule has 0 saturated heterocycles. The molecule has 0 atom stereocenters. The lowest BCUT2D eigenvalue weighted by atomic mass is 10.1. The molecule has 0 fully saturated rings. The average Bonchev–Trinajstić information content (AvgIpc) is 2.81. The number of nitrogens with zero attached hydrogens (tertiary/aromatic N) is 2. The van der Waals surface area contributed by atoms with Gasteiger partial charge in [0.2, 0.25) is 0 Å². The molecule has 32 heavy (non-hydrogen) atoms. The Kier molecular flexibility index (Phi) is 8.94. The number of unbranched alkanes of at least 4 members (excludes halogenated alkanes) is 5. The molecule has 2 aromatic carbocycles. The molecule has 0 unspecified atom stereocenters. The van der Waals surface area contributed by atoms with Gasteiger partial charge < -0.3 is 0 Å². The van der Waals surface area contributed by atoms with Crippen molar-refractivity contribution in [3.05, 3.63) is 77.6 Å². The Hall–Kier alpha value is -2.57. The number of benzene rings is 2. The van der Waals surface area contributed by atoms with Gasteiger partial charge in [-0.15, -0.1) is 0 Å². The van der Waals surface area contributed by atoms with Gasteiger partial charge in [0.1, 0.15) is 0 Å². The molecule has 0 spiro atoms. The summed E-state index contributed by atoms with van der Waals surface area (Å²) in [6, 6.07) is 16.3. The molecule has 0 amide bonds. The number of aryl methyl sites for hydroxylation is 2. The minimum absolute atomic E-state index is 0.0180. The Bertz CT molecular complexity index is 1100. The predicted octanol–water partition coefficient (Wildman–Crippen LogP) is 6.26. The molecular formula is C26H32N2O3S. The number of hydrogen-bond acceptors (Lipinski definition) is 5. The van der Waals surface area contributed by atoms with E-state index >= 15 is 0 Å². The van der Waals surface area contributed by atoms with E-state index in [0.29, 0.717) is 11.4 Å². The molecule has 0 aliphatic heterocycles.